The lowest BCUT2D eigenvalue weighted by atomic mass is 10.1. The molecule has 0 fully saturated rings. The van der Waals surface area contributed by atoms with Crippen molar-refractivity contribution in [1.82, 2.24) is 5.32 Å². The molecule has 0 unspecified atom stereocenters. The van der Waals surface area contributed by atoms with Gasteiger partial charge in [-0.3, -0.25) is 9.59 Å². The Hall–Kier alpha value is -2.82. The van der Waals surface area contributed by atoms with Gasteiger partial charge in [0.1, 0.15) is 0 Å². The second-order valence-corrected chi connectivity index (χ2v) is 7.02. The van der Waals surface area contributed by atoms with Gasteiger partial charge in [0.05, 0.1) is 21.8 Å². The van der Waals surface area contributed by atoms with E-state index in [9.17, 15) is 9.59 Å². The molecule has 0 bridgehead atoms. The van der Waals surface area contributed by atoms with E-state index in [0.29, 0.717) is 28.4 Å². The van der Waals surface area contributed by atoms with Crippen molar-refractivity contribution in [2.24, 2.45) is 0 Å². The Morgan fingerprint density at radius 1 is 0.893 bits per heavy atom. The van der Waals surface area contributed by atoms with E-state index in [1.807, 2.05) is 30.3 Å². The molecular formula is C22H18Cl2N2O2. The summed E-state index contributed by atoms with van der Waals surface area (Å²) in [5.74, 6) is -0.591. The summed E-state index contributed by atoms with van der Waals surface area (Å²) in [5.41, 5.74) is 2.20. The number of hydrogen-bond donors (Lipinski definition) is 1. The van der Waals surface area contributed by atoms with Crippen LogP contribution >= 0.6 is 23.2 Å². The van der Waals surface area contributed by atoms with E-state index in [0.717, 1.165) is 5.56 Å². The van der Waals surface area contributed by atoms with E-state index < -0.39 is 0 Å². The number of rotatable bonds is 5. The quantitative estimate of drug-likeness (QED) is 0.625. The van der Waals surface area contributed by atoms with Gasteiger partial charge in [0.2, 0.25) is 0 Å². The largest absolute Gasteiger partial charge is 0.348 e. The molecule has 1 N–H and O–H groups in total. The molecule has 0 saturated carbocycles. The molecule has 0 heterocycles. The first-order valence-corrected chi connectivity index (χ1v) is 9.37. The Morgan fingerprint density at radius 2 is 1.57 bits per heavy atom. The van der Waals surface area contributed by atoms with Gasteiger partial charge in [0.15, 0.2) is 0 Å². The third kappa shape index (κ3) is 4.53. The predicted molar refractivity (Wildman–Crippen MR) is 113 cm³/mol. The molecule has 0 saturated heterocycles. The molecule has 3 aromatic rings. The van der Waals surface area contributed by atoms with Crippen molar-refractivity contribution >= 4 is 40.7 Å². The SMILES string of the molecule is CN(C(=O)c1ccc(Cl)cc1Cl)c1ccccc1C(=O)NCc1ccccc1. The molecule has 0 aliphatic carbocycles. The van der Waals surface area contributed by atoms with Crippen LogP contribution in [-0.2, 0) is 6.54 Å². The summed E-state index contributed by atoms with van der Waals surface area (Å²) in [6.07, 6.45) is 0. The fourth-order valence-electron chi connectivity index (χ4n) is 2.78. The molecule has 0 atom stereocenters. The molecule has 3 aromatic carbocycles. The molecule has 0 radical (unpaired) electrons. The average molecular weight is 413 g/mol. The van der Waals surface area contributed by atoms with E-state index in [4.69, 9.17) is 23.2 Å². The summed E-state index contributed by atoms with van der Waals surface area (Å²) in [7, 11) is 1.61. The average Bonchev–Trinajstić information content (AvgIpc) is 2.72. The van der Waals surface area contributed by atoms with E-state index in [1.54, 1.807) is 43.4 Å². The van der Waals surface area contributed by atoms with Crippen molar-refractivity contribution in [3.8, 4) is 0 Å². The maximum Gasteiger partial charge on any atom is 0.259 e. The normalized spacial score (nSPS) is 10.4. The highest BCUT2D eigenvalue weighted by atomic mass is 35.5. The highest BCUT2D eigenvalue weighted by Gasteiger charge is 2.21. The number of carbonyl (C=O) groups is 2. The van der Waals surface area contributed by atoms with Crippen molar-refractivity contribution in [1.29, 1.82) is 0 Å². The van der Waals surface area contributed by atoms with Crippen molar-refractivity contribution in [3.63, 3.8) is 0 Å². The molecule has 2 amide bonds. The Bertz CT molecular complexity index is 1010. The van der Waals surface area contributed by atoms with E-state index in [-0.39, 0.29) is 16.8 Å². The lowest BCUT2D eigenvalue weighted by Gasteiger charge is -2.21. The number of nitrogens with one attached hydrogen (secondary N) is 1. The van der Waals surface area contributed by atoms with Gasteiger partial charge in [0.25, 0.3) is 11.8 Å². The first-order valence-electron chi connectivity index (χ1n) is 8.61. The van der Waals surface area contributed by atoms with Crippen molar-refractivity contribution in [3.05, 3.63) is 99.5 Å². The predicted octanol–water partition coefficient (Wildman–Crippen LogP) is 5.20. The lowest BCUT2D eigenvalue weighted by Crippen LogP contribution is -2.30. The minimum absolute atomic E-state index is 0.260. The first-order chi connectivity index (χ1) is 13.5. The number of hydrogen-bond acceptors (Lipinski definition) is 2. The number of carbonyl (C=O) groups excluding carboxylic acids is 2. The first kappa shape index (κ1) is 19.9. The van der Waals surface area contributed by atoms with Crippen LogP contribution in [0, 0.1) is 0 Å². The van der Waals surface area contributed by atoms with Crippen LogP contribution in [0.4, 0.5) is 5.69 Å². The van der Waals surface area contributed by atoms with Crippen LogP contribution in [0.15, 0.2) is 72.8 Å². The van der Waals surface area contributed by atoms with Gasteiger partial charge in [-0.1, -0.05) is 65.7 Å². The fourth-order valence-corrected chi connectivity index (χ4v) is 3.27. The zero-order valence-corrected chi connectivity index (χ0v) is 16.7. The van der Waals surface area contributed by atoms with Gasteiger partial charge in [-0.25, -0.2) is 0 Å². The van der Waals surface area contributed by atoms with Crippen LogP contribution in [0.2, 0.25) is 10.0 Å². The van der Waals surface area contributed by atoms with Crippen molar-refractivity contribution in [2.75, 3.05) is 11.9 Å². The van der Waals surface area contributed by atoms with E-state index in [1.165, 1.54) is 11.0 Å². The van der Waals surface area contributed by atoms with Gasteiger partial charge < -0.3 is 10.2 Å². The molecule has 0 spiro atoms. The summed E-state index contributed by atoms with van der Waals surface area (Å²) >= 11 is 12.1. The molecule has 0 aliphatic heterocycles. The Morgan fingerprint density at radius 3 is 2.29 bits per heavy atom. The third-order valence-electron chi connectivity index (χ3n) is 4.27. The maximum absolute atomic E-state index is 12.9. The molecule has 6 heteroatoms. The molecule has 0 aromatic heterocycles. The zero-order chi connectivity index (χ0) is 20.1. The highest BCUT2D eigenvalue weighted by molar-refractivity contribution is 6.37. The number of anilines is 1. The van der Waals surface area contributed by atoms with E-state index >= 15 is 0 Å². The maximum atomic E-state index is 12.9. The second kappa shape index (κ2) is 8.91. The lowest BCUT2D eigenvalue weighted by molar-refractivity contribution is 0.0951. The second-order valence-electron chi connectivity index (χ2n) is 6.17. The van der Waals surface area contributed by atoms with Crippen LogP contribution < -0.4 is 10.2 Å². The minimum Gasteiger partial charge on any atom is -0.348 e. The number of para-hydroxylation sites is 1. The summed E-state index contributed by atoms with van der Waals surface area (Å²) in [6.45, 7) is 0.398. The number of benzene rings is 3. The summed E-state index contributed by atoms with van der Waals surface area (Å²) in [5, 5.41) is 3.60. The zero-order valence-electron chi connectivity index (χ0n) is 15.2. The smallest absolute Gasteiger partial charge is 0.259 e. The van der Waals surface area contributed by atoms with Crippen molar-refractivity contribution in [2.45, 2.75) is 6.54 Å². The van der Waals surface area contributed by atoms with Crippen molar-refractivity contribution < 1.29 is 9.59 Å². The molecule has 28 heavy (non-hydrogen) atoms. The Balaban J connectivity index is 1.82. The molecular weight excluding hydrogens is 395 g/mol. The van der Waals surface area contributed by atoms with Gasteiger partial charge >= 0.3 is 0 Å². The monoisotopic (exact) mass is 412 g/mol. The van der Waals surface area contributed by atoms with Crippen LogP contribution in [0.1, 0.15) is 26.3 Å². The topological polar surface area (TPSA) is 49.4 Å². The molecule has 142 valence electrons. The summed E-state index contributed by atoms with van der Waals surface area (Å²) in [4.78, 5) is 27.0. The van der Waals surface area contributed by atoms with Gasteiger partial charge in [-0.05, 0) is 35.9 Å². The van der Waals surface area contributed by atoms with Crippen LogP contribution in [0.5, 0.6) is 0 Å². The number of nitrogens with zero attached hydrogens (tertiary/aromatic N) is 1. The number of halogens is 2. The standard InChI is InChI=1S/C22H18Cl2N2O2/c1-26(22(28)17-12-11-16(23)13-19(17)24)20-10-6-5-9-18(20)21(27)25-14-15-7-3-2-4-8-15/h2-13H,14H2,1H3,(H,25,27). The van der Waals surface area contributed by atoms with Gasteiger partial charge in [-0.15, -0.1) is 0 Å². The summed E-state index contributed by atoms with van der Waals surface area (Å²) < 4.78 is 0. The fraction of sp³-hybridized carbons (Fsp3) is 0.0909. The molecule has 4 nitrogen and oxygen atoms in total. The van der Waals surface area contributed by atoms with Crippen LogP contribution in [0.25, 0.3) is 0 Å². The Labute approximate surface area is 173 Å². The summed E-state index contributed by atoms with van der Waals surface area (Å²) in [6, 6.07) is 21.2. The van der Waals surface area contributed by atoms with Gasteiger partial charge in [0, 0.05) is 18.6 Å². The molecule has 3 rings (SSSR count). The van der Waals surface area contributed by atoms with Gasteiger partial charge in [-0.2, -0.15) is 0 Å². The Kier molecular flexibility index (Phi) is 6.34. The van der Waals surface area contributed by atoms with Crippen LogP contribution in [-0.4, -0.2) is 18.9 Å². The van der Waals surface area contributed by atoms with Crippen LogP contribution in [0.3, 0.4) is 0 Å². The minimum atomic E-state index is -0.329. The molecule has 0 aliphatic rings. The third-order valence-corrected chi connectivity index (χ3v) is 4.82. The highest BCUT2D eigenvalue weighted by Crippen LogP contribution is 2.26. The number of amides is 2. The van der Waals surface area contributed by atoms with E-state index in [2.05, 4.69) is 5.32 Å².